The number of rotatable bonds is 5. The van der Waals surface area contributed by atoms with Gasteiger partial charge < -0.3 is 20.2 Å². The van der Waals surface area contributed by atoms with Gasteiger partial charge in [0.2, 0.25) is 0 Å². The summed E-state index contributed by atoms with van der Waals surface area (Å²) in [4.78, 5) is 9.38. The van der Waals surface area contributed by atoms with Crippen molar-refractivity contribution in [3.63, 3.8) is 0 Å². The number of guanidine groups is 1. The van der Waals surface area contributed by atoms with E-state index in [0.717, 1.165) is 45.0 Å². The van der Waals surface area contributed by atoms with E-state index in [0.29, 0.717) is 13.1 Å². The molecule has 2 aliphatic heterocycles. The van der Waals surface area contributed by atoms with Gasteiger partial charge in [0.05, 0.1) is 12.6 Å². The highest BCUT2D eigenvalue weighted by atomic mass is 127. The zero-order valence-corrected chi connectivity index (χ0v) is 19.4. The largest absolute Gasteiger partial charge is 0.391 e. The van der Waals surface area contributed by atoms with Crippen LogP contribution in [-0.4, -0.2) is 48.2 Å². The van der Waals surface area contributed by atoms with Crippen molar-refractivity contribution >= 4 is 35.6 Å². The van der Waals surface area contributed by atoms with E-state index in [9.17, 15) is 5.11 Å². The maximum absolute atomic E-state index is 9.78. The summed E-state index contributed by atoms with van der Waals surface area (Å²) in [7, 11) is 0. The number of nitrogens with zero attached hydrogens (tertiary/aromatic N) is 3. The molecule has 0 bridgehead atoms. The summed E-state index contributed by atoms with van der Waals surface area (Å²) in [5.74, 6) is 0.900. The van der Waals surface area contributed by atoms with Gasteiger partial charge in [-0.1, -0.05) is 42.5 Å². The number of halogens is 1. The highest BCUT2D eigenvalue weighted by Crippen LogP contribution is 2.28. The number of nitrogens with one attached hydrogen (secondary N) is 1. The lowest BCUT2D eigenvalue weighted by Gasteiger charge is -2.21. The highest BCUT2D eigenvalue weighted by Gasteiger charge is 2.22. The fourth-order valence-electron chi connectivity index (χ4n) is 4.07. The maximum Gasteiger partial charge on any atom is 0.194 e. The first-order valence-corrected chi connectivity index (χ1v) is 10.3. The Hall–Kier alpha value is -1.80. The van der Waals surface area contributed by atoms with Crippen LogP contribution in [0, 0.1) is 0 Å². The van der Waals surface area contributed by atoms with Gasteiger partial charge in [0.25, 0.3) is 0 Å². The van der Waals surface area contributed by atoms with Gasteiger partial charge in [-0.05, 0) is 42.5 Å². The summed E-state index contributed by atoms with van der Waals surface area (Å²) in [5, 5.41) is 13.1. The van der Waals surface area contributed by atoms with Crippen molar-refractivity contribution in [2.24, 2.45) is 4.99 Å². The van der Waals surface area contributed by atoms with Gasteiger partial charge in [0, 0.05) is 38.4 Å². The lowest BCUT2D eigenvalue weighted by molar-refractivity contribution is 0.188. The maximum atomic E-state index is 9.78. The monoisotopic (exact) mass is 506 g/mol. The molecule has 156 valence electrons. The van der Waals surface area contributed by atoms with Crippen molar-refractivity contribution in [1.29, 1.82) is 0 Å². The lowest BCUT2D eigenvalue weighted by Crippen LogP contribution is -2.40. The molecule has 29 heavy (non-hydrogen) atoms. The third kappa shape index (κ3) is 5.42. The Labute approximate surface area is 190 Å². The van der Waals surface area contributed by atoms with Crippen LogP contribution in [0.15, 0.2) is 53.5 Å². The molecule has 0 aliphatic carbocycles. The summed E-state index contributed by atoms with van der Waals surface area (Å²) in [6, 6.07) is 17.5. The van der Waals surface area contributed by atoms with Crippen molar-refractivity contribution in [1.82, 2.24) is 10.2 Å². The Kier molecular flexibility index (Phi) is 7.77. The van der Waals surface area contributed by atoms with E-state index < -0.39 is 0 Å². The molecule has 0 unspecified atom stereocenters. The molecule has 0 saturated carbocycles. The first kappa shape index (κ1) is 21.9. The minimum Gasteiger partial charge on any atom is -0.391 e. The van der Waals surface area contributed by atoms with Crippen LogP contribution in [0.25, 0.3) is 0 Å². The van der Waals surface area contributed by atoms with E-state index in [4.69, 9.17) is 4.99 Å². The van der Waals surface area contributed by atoms with E-state index in [1.165, 1.54) is 22.4 Å². The van der Waals surface area contributed by atoms with Crippen LogP contribution in [0.3, 0.4) is 0 Å². The van der Waals surface area contributed by atoms with Crippen LogP contribution in [0.2, 0.25) is 0 Å². The summed E-state index contributed by atoms with van der Waals surface area (Å²) in [6.07, 6.45) is 1.72. The van der Waals surface area contributed by atoms with E-state index in [1.807, 2.05) is 0 Å². The number of likely N-dealkylation sites (tertiary alicyclic amines) is 1. The van der Waals surface area contributed by atoms with E-state index in [-0.39, 0.29) is 30.1 Å². The Morgan fingerprint density at radius 2 is 1.86 bits per heavy atom. The van der Waals surface area contributed by atoms with Gasteiger partial charge in [-0.3, -0.25) is 0 Å². The van der Waals surface area contributed by atoms with E-state index >= 15 is 0 Å². The Morgan fingerprint density at radius 3 is 2.59 bits per heavy atom. The predicted molar refractivity (Wildman–Crippen MR) is 130 cm³/mol. The number of anilines is 1. The summed E-state index contributed by atoms with van der Waals surface area (Å²) >= 11 is 0. The number of aliphatic hydroxyl groups is 1. The van der Waals surface area contributed by atoms with Crippen LogP contribution in [0.5, 0.6) is 0 Å². The van der Waals surface area contributed by atoms with Crippen LogP contribution >= 0.6 is 24.0 Å². The molecule has 2 aromatic rings. The molecule has 6 heteroatoms. The molecule has 4 rings (SSSR count). The molecule has 0 radical (unpaired) electrons. The number of benzene rings is 2. The molecule has 2 heterocycles. The molecule has 1 atom stereocenters. The van der Waals surface area contributed by atoms with Crippen molar-refractivity contribution in [3.05, 3.63) is 65.2 Å². The standard InChI is InChI=1S/C23H30N4O.HI/c1-2-24-23(27-14-12-21(28)17-27)25-15-18-7-9-19(10-8-18)16-26-13-11-20-5-3-4-6-22(20)26;/h3-10,21,28H,2,11-17H2,1H3,(H,24,25);1H/t21-;/m1./s1. The molecular weight excluding hydrogens is 475 g/mol. The molecule has 5 nitrogen and oxygen atoms in total. The van der Waals surface area contributed by atoms with Crippen molar-refractivity contribution in [3.8, 4) is 0 Å². The van der Waals surface area contributed by atoms with Crippen LogP contribution in [0.1, 0.15) is 30.0 Å². The van der Waals surface area contributed by atoms with Crippen LogP contribution < -0.4 is 10.2 Å². The first-order chi connectivity index (χ1) is 13.7. The number of aliphatic hydroxyl groups excluding tert-OH is 1. The van der Waals surface area contributed by atoms with Crippen LogP contribution in [0.4, 0.5) is 5.69 Å². The van der Waals surface area contributed by atoms with Crippen molar-refractivity contribution < 1.29 is 5.11 Å². The highest BCUT2D eigenvalue weighted by molar-refractivity contribution is 14.0. The molecular formula is C23H31IN4O. The fraction of sp³-hybridized carbons (Fsp3) is 0.435. The molecule has 2 N–H and O–H groups in total. The summed E-state index contributed by atoms with van der Waals surface area (Å²) in [6.45, 7) is 7.15. The smallest absolute Gasteiger partial charge is 0.194 e. The summed E-state index contributed by atoms with van der Waals surface area (Å²) < 4.78 is 0. The van der Waals surface area contributed by atoms with Gasteiger partial charge in [0.1, 0.15) is 0 Å². The third-order valence-electron chi connectivity index (χ3n) is 5.59. The zero-order valence-electron chi connectivity index (χ0n) is 17.1. The van der Waals surface area contributed by atoms with Crippen molar-refractivity contribution in [2.45, 2.75) is 39.0 Å². The quantitative estimate of drug-likeness (QED) is 0.371. The minimum absolute atomic E-state index is 0. The zero-order chi connectivity index (χ0) is 19.3. The third-order valence-corrected chi connectivity index (χ3v) is 5.59. The fourth-order valence-corrected chi connectivity index (χ4v) is 4.07. The number of β-amino-alcohol motifs (C(OH)–C–C–N with tert-alkyl or cyclic N) is 1. The average molecular weight is 506 g/mol. The molecule has 2 aromatic carbocycles. The first-order valence-electron chi connectivity index (χ1n) is 10.3. The van der Waals surface area contributed by atoms with E-state index in [1.54, 1.807) is 0 Å². The Bertz CT molecular complexity index is 824. The molecule has 0 aromatic heterocycles. The van der Waals surface area contributed by atoms with Gasteiger partial charge in [-0.25, -0.2) is 4.99 Å². The average Bonchev–Trinajstić information content (AvgIpc) is 3.33. The normalized spacial score (nSPS) is 18.6. The number of para-hydroxylation sites is 1. The number of aliphatic imine (C=N–C) groups is 1. The minimum atomic E-state index is -0.237. The summed E-state index contributed by atoms with van der Waals surface area (Å²) in [5.41, 5.74) is 5.37. The van der Waals surface area contributed by atoms with Gasteiger partial charge in [-0.15, -0.1) is 24.0 Å². The molecule has 0 spiro atoms. The molecule has 0 amide bonds. The van der Waals surface area contributed by atoms with Gasteiger partial charge in [-0.2, -0.15) is 0 Å². The number of hydrogen-bond donors (Lipinski definition) is 2. The van der Waals surface area contributed by atoms with Gasteiger partial charge in [0.15, 0.2) is 5.96 Å². The molecule has 1 saturated heterocycles. The second-order valence-corrected chi connectivity index (χ2v) is 7.68. The second-order valence-electron chi connectivity index (χ2n) is 7.68. The number of hydrogen-bond acceptors (Lipinski definition) is 3. The molecule has 1 fully saturated rings. The van der Waals surface area contributed by atoms with Gasteiger partial charge >= 0.3 is 0 Å². The Balaban J connectivity index is 0.00000240. The lowest BCUT2D eigenvalue weighted by atomic mass is 10.1. The van der Waals surface area contributed by atoms with Crippen molar-refractivity contribution in [2.75, 3.05) is 31.1 Å². The second kappa shape index (κ2) is 10.3. The SMILES string of the molecule is CCNC(=NCc1ccc(CN2CCc3ccccc32)cc1)N1CC[C@@H](O)C1.I. The predicted octanol–water partition coefficient (Wildman–Crippen LogP) is 3.40. The topological polar surface area (TPSA) is 51.1 Å². The molecule has 2 aliphatic rings. The van der Waals surface area contributed by atoms with E-state index in [2.05, 4.69) is 70.6 Å². The number of fused-ring (bicyclic) bond motifs is 1. The van der Waals surface area contributed by atoms with Crippen LogP contribution in [-0.2, 0) is 19.5 Å². The Morgan fingerprint density at radius 1 is 1.10 bits per heavy atom.